The fourth-order valence-corrected chi connectivity index (χ4v) is 4.63. The third kappa shape index (κ3) is 5.19. The van der Waals surface area contributed by atoms with E-state index < -0.39 is 0 Å². The van der Waals surface area contributed by atoms with Crippen LogP contribution in [0.15, 0.2) is 65.0 Å². The van der Waals surface area contributed by atoms with Gasteiger partial charge in [-0.15, -0.1) is 11.3 Å². The van der Waals surface area contributed by atoms with E-state index in [1.807, 2.05) is 31.2 Å². The van der Waals surface area contributed by atoms with Crippen LogP contribution < -0.4 is 9.54 Å². The van der Waals surface area contributed by atoms with Gasteiger partial charge in [-0.2, -0.15) is 0 Å². The summed E-state index contributed by atoms with van der Waals surface area (Å²) in [6.45, 7) is 8.38. The summed E-state index contributed by atoms with van der Waals surface area (Å²) in [5, 5.41) is 2.21. The molecule has 0 spiro atoms. The standard InChI is InChI=1S/C24H29N3O2S/c1-2-29-23-12-7-6-11-21(23)25-24-27(14-8-13-26-15-17-28-18-16-26)22(19-30-24)20-9-4-3-5-10-20/h3-7,9-12,19H,2,8,13-18H2,1H3. The van der Waals surface area contributed by atoms with Crippen molar-refractivity contribution in [1.82, 2.24) is 9.47 Å². The molecule has 5 nitrogen and oxygen atoms in total. The smallest absolute Gasteiger partial charge is 0.190 e. The Balaban J connectivity index is 1.64. The molecule has 0 saturated carbocycles. The highest BCUT2D eigenvalue weighted by Gasteiger charge is 2.12. The number of benzene rings is 2. The first-order valence-corrected chi connectivity index (χ1v) is 11.5. The van der Waals surface area contributed by atoms with Crippen LogP contribution in [0.3, 0.4) is 0 Å². The lowest BCUT2D eigenvalue weighted by Crippen LogP contribution is -2.37. The van der Waals surface area contributed by atoms with Gasteiger partial charge in [0, 0.05) is 31.6 Å². The van der Waals surface area contributed by atoms with Crippen molar-refractivity contribution in [3.63, 3.8) is 0 Å². The molecule has 0 amide bonds. The van der Waals surface area contributed by atoms with Crippen LogP contribution in [0.5, 0.6) is 5.75 Å². The van der Waals surface area contributed by atoms with Gasteiger partial charge in [0.25, 0.3) is 0 Å². The normalized spacial score (nSPS) is 15.4. The van der Waals surface area contributed by atoms with Crippen LogP contribution in [-0.2, 0) is 11.3 Å². The monoisotopic (exact) mass is 423 g/mol. The molecule has 0 N–H and O–H groups in total. The molecule has 0 bridgehead atoms. The molecule has 2 aromatic carbocycles. The molecule has 30 heavy (non-hydrogen) atoms. The summed E-state index contributed by atoms with van der Waals surface area (Å²) in [7, 11) is 0. The molecule has 0 radical (unpaired) electrons. The Labute approximate surface area is 182 Å². The molecule has 1 aliphatic rings. The maximum absolute atomic E-state index is 5.78. The zero-order valence-electron chi connectivity index (χ0n) is 17.5. The van der Waals surface area contributed by atoms with E-state index in [1.54, 1.807) is 11.3 Å². The van der Waals surface area contributed by atoms with Crippen molar-refractivity contribution in [1.29, 1.82) is 0 Å². The Hall–Kier alpha value is -2.41. The molecule has 4 rings (SSSR count). The second kappa shape index (κ2) is 10.6. The lowest BCUT2D eigenvalue weighted by atomic mass is 10.2. The number of para-hydroxylation sites is 2. The predicted molar refractivity (Wildman–Crippen MR) is 122 cm³/mol. The molecule has 0 unspecified atom stereocenters. The second-order valence-corrected chi connectivity index (χ2v) is 8.08. The molecular weight excluding hydrogens is 394 g/mol. The SMILES string of the molecule is CCOc1ccccc1N=c1scc(-c2ccccc2)n1CCCN1CCOCC1. The molecule has 0 aliphatic carbocycles. The van der Waals surface area contributed by atoms with E-state index in [4.69, 9.17) is 14.5 Å². The molecule has 1 fully saturated rings. The summed E-state index contributed by atoms with van der Waals surface area (Å²) in [6.07, 6.45) is 1.08. The Bertz CT molecular complexity index is 991. The van der Waals surface area contributed by atoms with Crippen LogP contribution in [0.4, 0.5) is 5.69 Å². The molecule has 1 saturated heterocycles. The quantitative estimate of drug-likeness (QED) is 0.533. The Kier molecular flexibility index (Phi) is 7.34. The van der Waals surface area contributed by atoms with Crippen LogP contribution >= 0.6 is 11.3 Å². The Morgan fingerprint density at radius 3 is 2.57 bits per heavy atom. The largest absolute Gasteiger partial charge is 0.492 e. The average molecular weight is 424 g/mol. The number of rotatable bonds is 8. The van der Waals surface area contributed by atoms with Gasteiger partial charge in [0.15, 0.2) is 4.80 Å². The number of hydrogen-bond acceptors (Lipinski definition) is 5. The summed E-state index contributed by atoms with van der Waals surface area (Å²) in [4.78, 5) is 8.48. The first-order chi connectivity index (χ1) is 14.8. The maximum atomic E-state index is 5.78. The summed E-state index contributed by atoms with van der Waals surface area (Å²) < 4.78 is 13.6. The van der Waals surface area contributed by atoms with Crippen LogP contribution in [0.1, 0.15) is 13.3 Å². The zero-order valence-corrected chi connectivity index (χ0v) is 18.3. The topological polar surface area (TPSA) is 39.0 Å². The molecular formula is C24H29N3O2S. The first kappa shape index (κ1) is 20.8. The summed E-state index contributed by atoms with van der Waals surface area (Å²) >= 11 is 1.69. The van der Waals surface area contributed by atoms with Gasteiger partial charge in [-0.05, 0) is 31.0 Å². The van der Waals surface area contributed by atoms with Crippen molar-refractivity contribution >= 4 is 17.0 Å². The van der Waals surface area contributed by atoms with Crippen molar-refractivity contribution in [2.75, 3.05) is 39.5 Å². The predicted octanol–water partition coefficient (Wildman–Crippen LogP) is 4.57. The minimum absolute atomic E-state index is 0.631. The zero-order chi connectivity index (χ0) is 20.6. The van der Waals surface area contributed by atoms with E-state index in [9.17, 15) is 0 Å². The van der Waals surface area contributed by atoms with Crippen molar-refractivity contribution in [2.45, 2.75) is 19.9 Å². The molecule has 2 heterocycles. The molecule has 158 valence electrons. The molecule has 0 atom stereocenters. The van der Waals surface area contributed by atoms with Gasteiger partial charge < -0.3 is 14.0 Å². The van der Waals surface area contributed by atoms with Crippen molar-refractivity contribution in [3.8, 4) is 17.0 Å². The lowest BCUT2D eigenvalue weighted by molar-refractivity contribution is 0.0369. The molecule has 1 aliphatic heterocycles. The number of thiazole rings is 1. The number of nitrogens with zero attached hydrogens (tertiary/aromatic N) is 3. The lowest BCUT2D eigenvalue weighted by Gasteiger charge is -2.26. The number of hydrogen-bond donors (Lipinski definition) is 0. The highest BCUT2D eigenvalue weighted by atomic mass is 32.1. The summed E-state index contributed by atoms with van der Waals surface area (Å²) in [5.41, 5.74) is 3.32. The summed E-state index contributed by atoms with van der Waals surface area (Å²) in [5.74, 6) is 0.828. The average Bonchev–Trinajstić information content (AvgIpc) is 3.19. The maximum Gasteiger partial charge on any atom is 0.190 e. The minimum Gasteiger partial charge on any atom is -0.492 e. The van der Waals surface area contributed by atoms with E-state index in [0.29, 0.717) is 6.61 Å². The van der Waals surface area contributed by atoms with Crippen molar-refractivity contribution in [2.24, 2.45) is 4.99 Å². The third-order valence-corrected chi connectivity index (χ3v) is 6.07. The fraction of sp³-hybridized carbons (Fsp3) is 0.375. The van der Waals surface area contributed by atoms with Gasteiger partial charge in [0.2, 0.25) is 0 Å². The number of aromatic nitrogens is 1. The van der Waals surface area contributed by atoms with E-state index in [2.05, 4.69) is 45.2 Å². The van der Waals surface area contributed by atoms with Crippen LogP contribution in [0.25, 0.3) is 11.3 Å². The highest BCUT2D eigenvalue weighted by Crippen LogP contribution is 2.27. The van der Waals surface area contributed by atoms with Gasteiger partial charge in [-0.1, -0.05) is 42.5 Å². The van der Waals surface area contributed by atoms with Crippen LogP contribution in [-0.4, -0.2) is 48.9 Å². The Morgan fingerprint density at radius 2 is 1.77 bits per heavy atom. The van der Waals surface area contributed by atoms with E-state index in [0.717, 1.165) is 62.1 Å². The van der Waals surface area contributed by atoms with E-state index in [1.165, 1.54) is 11.3 Å². The van der Waals surface area contributed by atoms with Crippen molar-refractivity contribution in [3.05, 3.63) is 64.8 Å². The van der Waals surface area contributed by atoms with Crippen molar-refractivity contribution < 1.29 is 9.47 Å². The van der Waals surface area contributed by atoms with Gasteiger partial charge >= 0.3 is 0 Å². The molecule has 6 heteroatoms. The van der Waals surface area contributed by atoms with Gasteiger partial charge in [-0.25, -0.2) is 4.99 Å². The van der Waals surface area contributed by atoms with Gasteiger partial charge in [-0.3, -0.25) is 4.90 Å². The first-order valence-electron chi connectivity index (χ1n) is 10.7. The Morgan fingerprint density at radius 1 is 1.00 bits per heavy atom. The minimum atomic E-state index is 0.631. The van der Waals surface area contributed by atoms with Crippen LogP contribution in [0.2, 0.25) is 0 Å². The van der Waals surface area contributed by atoms with Gasteiger partial charge in [0.05, 0.1) is 25.5 Å². The highest BCUT2D eigenvalue weighted by molar-refractivity contribution is 7.07. The number of morpholine rings is 1. The van der Waals surface area contributed by atoms with E-state index >= 15 is 0 Å². The third-order valence-electron chi connectivity index (χ3n) is 5.21. The summed E-state index contributed by atoms with van der Waals surface area (Å²) in [6, 6.07) is 18.6. The molecule has 1 aromatic heterocycles. The fourth-order valence-electron chi connectivity index (χ4n) is 3.68. The molecule has 3 aromatic rings. The van der Waals surface area contributed by atoms with E-state index in [-0.39, 0.29) is 0 Å². The number of ether oxygens (including phenoxy) is 2. The van der Waals surface area contributed by atoms with Crippen LogP contribution in [0, 0.1) is 0 Å². The van der Waals surface area contributed by atoms with Gasteiger partial charge in [0.1, 0.15) is 11.4 Å². The second-order valence-electron chi connectivity index (χ2n) is 7.24.